The van der Waals surface area contributed by atoms with Crippen LogP contribution in [0.1, 0.15) is 49.5 Å². The second-order valence-corrected chi connectivity index (χ2v) is 4.13. The van der Waals surface area contributed by atoms with Crippen molar-refractivity contribution in [1.82, 2.24) is 4.90 Å². The Hall–Kier alpha value is -0.120. The fourth-order valence-electron chi connectivity index (χ4n) is 1.86. The molecule has 2 N–H and O–H groups in total. The number of aliphatic hydroxyl groups excluding tert-OH is 2. The highest BCUT2D eigenvalue weighted by Gasteiger charge is 2.26. The fraction of sp³-hybridized carbons (Fsp3) is 1.00. The van der Waals surface area contributed by atoms with Crippen LogP contribution in [0.25, 0.3) is 0 Å². The standard InChI is InChI=1S/C10H23NO2.2CH4/c1-7(2)11(8(3)4)10(6-12)9(5)13;;/h7-10,12-13H,6H2,1-5H3;2*1H4/t9-,10-;;/m1../s1. The van der Waals surface area contributed by atoms with Crippen LogP contribution in [0.15, 0.2) is 0 Å². The van der Waals surface area contributed by atoms with Crippen LogP contribution in [-0.2, 0) is 0 Å². The molecule has 0 aliphatic heterocycles. The first-order valence-electron chi connectivity index (χ1n) is 4.98. The fourth-order valence-corrected chi connectivity index (χ4v) is 1.86. The van der Waals surface area contributed by atoms with Crippen molar-refractivity contribution in [3.8, 4) is 0 Å². The van der Waals surface area contributed by atoms with Crippen molar-refractivity contribution < 1.29 is 10.2 Å². The van der Waals surface area contributed by atoms with Gasteiger partial charge in [-0.3, -0.25) is 4.90 Å². The van der Waals surface area contributed by atoms with Crippen molar-refractivity contribution in [1.29, 1.82) is 0 Å². The molecule has 0 aliphatic carbocycles. The summed E-state index contributed by atoms with van der Waals surface area (Å²) >= 11 is 0. The highest BCUT2D eigenvalue weighted by molar-refractivity contribution is 4.80. The van der Waals surface area contributed by atoms with Gasteiger partial charge in [-0.2, -0.15) is 0 Å². The molecule has 2 atom stereocenters. The van der Waals surface area contributed by atoms with Gasteiger partial charge in [0, 0.05) is 12.1 Å². The summed E-state index contributed by atoms with van der Waals surface area (Å²) in [7, 11) is 0. The van der Waals surface area contributed by atoms with Gasteiger partial charge in [-0.1, -0.05) is 14.9 Å². The van der Waals surface area contributed by atoms with E-state index in [0.29, 0.717) is 12.1 Å². The molecular weight excluding hydrogens is 190 g/mol. The summed E-state index contributed by atoms with van der Waals surface area (Å²) in [6.45, 7) is 10.0. The SMILES string of the molecule is C.C.CC(C)N(C(C)C)[C@H](CO)[C@@H](C)O. The number of rotatable bonds is 5. The van der Waals surface area contributed by atoms with Gasteiger partial charge in [0.15, 0.2) is 0 Å². The van der Waals surface area contributed by atoms with E-state index >= 15 is 0 Å². The molecule has 3 heteroatoms. The zero-order chi connectivity index (χ0) is 10.6. The van der Waals surface area contributed by atoms with Gasteiger partial charge in [0.25, 0.3) is 0 Å². The monoisotopic (exact) mass is 221 g/mol. The summed E-state index contributed by atoms with van der Waals surface area (Å²) < 4.78 is 0. The van der Waals surface area contributed by atoms with Crippen LogP contribution in [0.3, 0.4) is 0 Å². The summed E-state index contributed by atoms with van der Waals surface area (Å²) in [5.41, 5.74) is 0. The van der Waals surface area contributed by atoms with E-state index in [4.69, 9.17) is 5.11 Å². The average Bonchev–Trinajstić information content (AvgIpc) is 1.97. The maximum absolute atomic E-state index is 9.48. The second kappa shape index (κ2) is 9.13. The predicted molar refractivity (Wildman–Crippen MR) is 68.1 cm³/mol. The maximum Gasteiger partial charge on any atom is 0.0689 e. The average molecular weight is 221 g/mol. The molecule has 0 aliphatic rings. The third-order valence-electron chi connectivity index (χ3n) is 2.32. The maximum atomic E-state index is 9.48. The van der Waals surface area contributed by atoms with Crippen molar-refractivity contribution in [2.24, 2.45) is 0 Å². The zero-order valence-corrected chi connectivity index (χ0v) is 9.36. The Kier molecular flexibility index (Phi) is 12.4. The molecule has 0 aromatic rings. The van der Waals surface area contributed by atoms with E-state index in [1.807, 2.05) is 0 Å². The van der Waals surface area contributed by atoms with Crippen LogP contribution in [0.5, 0.6) is 0 Å². The van der Waals surface area contributed by atoms with Crippen molar-refractivity contribution >= 4 is 0 Å². The van der Waals surface area contributed by atoms with E-state index < -0.39 is 6.10 Å². The molecule has 0 aromatic heterocycles. The lowest BCUT2D eigenvalue weighted by atomic mass is 10.1. The highest BCUT2D eigenvalue weighted by Crippen LogP contribution is 2.13. The summed E-state index contributed by atoms with van der Waals surface area (Å²) in [5.74, 6) is 0. The van der Waals surface area contributed by atoms with Crippen molar-refractivity contribution in [2.45, 2.75) is 73.7 Å². The topological polar surface area (TPSA) is 43.7 Å². The van der Waals surface area contributed by atoms with Gasteiger partial charge in [0.1, 0.15) is 0 Å². The molecule has 0 heterocycles. The van der Waals surface area contributed by atoms with Crippen LogP contribution < -0.4 is 0 Å². The van der Waals surface area contributed by atoms with E-state index in [9.17, 15) is 5.11 Å². The minimum absolute atomic E-state index is 0. The molecule has 0 aromatic carbocycles. The van der Waals surface area contributed by atoms with Gasteiger partial charge in [-0.05, 0) is 34.6 Å². The van der Waals surface area contributed by atoms with E-state index in [1.54, 1.807) is 6.92 Å². The largest absolute Gasteiger partial charge is 0.395 e. The van der Waals surface area contributed by atoms with Gasteiger partial charge < -0.3 is 10.2 Å². The Morgan fingerprint density at radius 1 is 0.933 bits per heavy atom. The smallest absolute Gasteiger partial charge is 0.0689 e. The van der Waals surface area contributed by atoms with Gasteiger partial charge in [0.05, 0.1) is 18.8 Å². The Balaban J connectivity index is -0.000000720. The molecule has 0 fully saturated rings. The highest BCUT2D eigenvalue weighted by atomic mass is 16.3. The first-order chi connectivity index (χ1) is 5.91. The first kappa shape index (κ1) is 20.3. The second-order valence-electron chi connectivity index (χ2n) is 4.13. The minimum atomic E-state index is -0.491. The summed E-state index contributed by atoms with van der Waals surface area (Å²) in [6.07, 6.45) is -0.491. The molecule has 0 unspecified atom stereocenters. The van der Waals surface area contributed by atoms with Crippen molar-refractivity contribution in [3.63, 3.8) is 0 Å². The Morgan fingerprint density at radius 3 is 1.33 bits per heavy atom. The number of nitrogens with zero attached hydrogens (tertiary/aromatic N) is 1. The zero-order valence-electron chi connectivity index (χ0n) is 9.36. The predicted octanol–water partition coefficient (Wildman–Crippen LogP) is 2.12. The van der Waals surface area contributed by atoms with E-state index in [0.717, 1.165) is 0 Å². The Morgan fingerprint density at radius 2 is 1.27 bits per heavy atom. The normalized spacial score (nSPS) is 14.8. The molecule has 15 heavy (non-hydrogen) atoms. The molecule has 96 valence electrons. The van der Waals surface area contributed by atoms with Crippen molar-refractivity contribution in [3.05, 3.63) is 0 Å². The molecule has 0 bridgehead atoms. The molecule has 0 radical (unpaired) electrons. The van der Waals surface area contributed by atoms with Gasteiger partial charge in [-0.15, -0.1) is 0 Å². The van der Waals surface area contributed by atoms with Gasteiger partial charge >= 0.3 is 0 Å². The number of hydrogen-bond donors (Lipinski definition) is 2. The minimum Gasteiger partial charge on any atom is -0.395 e. The van der Waals surface area contributed by atoms with Crippen LogP contribution in [-0.4, -0.2) is 45.9 Å². The molecule has 0 rings (SSSR count). The van der Waals surface area contributed by atoms with Crippen LogP contribution in [0.4, 0.5) is 0 Å². The van der Waals surface area contributed by atoms with Gasteiger partial charge in [0.2, 0.25) is 0 Å². The van der Waals surface area contributed by atoms with Crippen LogP contribution in [0.2, 0.25) is 0 Å². The van der Waals surface area contributed by atoms with Gasteiger partial charge in [-0.25, -0.2) is 0 Å². The molecule has 3 nitrogen and oxygen atoms in total. The van der Waals surface area contributed by atoms with Crippen molar-refractivity contribution in [2.75, 3.05) is 6.61 Å². The quantitative estimate of drug-likeness (QED) is 0.747. The Bertz CT molecular complexity index is 128. The summed E-state index contributed by atoms with van der Waals surface area (Å²) in [4.78, 5) is 2.13. The third-order valence-corrected chi connectivity index (χ3v) is 2.32. The molecule has 0 spiro atoms. The third kappa shape index (κ3) is 6.13. The summed E-state index contributed by atoms with van der Waals surface area (Å²) in [5, 5.41) is 18.6. The number of aliphatic hydroxyl groups is 2. The lowest BCUT2D eigenvalue weighted by molar-refractivity contribution is -0.00755. The lowest BCUT2D eigenvalue weighted by Gasteiger charge is -2.38. The number of hydrogen-bond acceptors (Lipinski definition) is 3. The lowest BCUT2D eigenvalue weighted by Crippen LogP contribution is -2.51. The van der Waals surface area contributed by atoms with E-state index in [2.05, 4.69) is 32.6 Å². The van der Waals surface area contributed by atoms with Crippen LogP contribution >= 0.6 is 0 Å². The van der Waals surface area contributed by atoms with Crippen LogP contribution in [0, 0.1) is 0 Å². The first-order valence-corrected chi connectivity index (χ1v) is 4.98. The van der Waals surface area contributed by atoms with E-state index in [1.165, 1.54) is 0 Å². The summed E-state index contributed by atoms with van der Waals surface area (Å²) in [6, 6.07) is 0.526. The molecular formula is C12H31NO2. The Labute approximate surface area is 96.1 Å². The van der Waals surface area contributed by atoms with E-state index in [-0.39, 0.29) is 27.5 Å². The molecule has 0 saturated carbocycles. The molecule has 0 saturated heterocycles. The molecule has 0 amide bonds.